The van der Waals surface area contributed by atoms with E-state index in [-0.39, 0.29) is 0 Å². The fraction of sp³-hybridized carbons (Fsp3) is 0.533. The molecule has 19 heavy (non-hydrogen) atoms. The van der Waals surface area contributed by atoms with Crippen molar-refractivity contribution in [2.45, 2.75) is 26.3 Å². The van der Waals surface area contributed by atoms with Crippen LogP contribution >= 0.6 is 0 Å². The number of nitrogen functional groups attached to an aromatic ring is 1. The van der Waals surface area contributed by atoms with Gasteiger partial charge in [-0.2, -0.15) is 0 Å². The minimum absolute atomic E-state index is 0.448. The molecule has 0 saturated carbocycles. The maximum Gasteiger partial charge on any atom is 0.0961 e. The minimum Gasteiger partial charge on any atom is -0.399 e. The molecule has 2 N–H and O–H groups in total. The van der Waals surface area contributed by atoms with Crippen LogP contribution < -0.4 is 5.73 Å². The lowest BCUT2D eigenvalue weighted by atomic mass is 10.0. The molecule has 0 aliphatic rings. The summed E-state index contributed by atoms with van der Waals surface area (Å²) < 4.78 is 2.29. The molecule has 104 valence electrons. The Kier molecular flexibility index (Phi) is 4.10. The molecule has 0 bridgehead atoms. The van der Waals surface area contributed by atoms with Crippen LogP contribution in [0.5, 0.6) is 0 Å². The maximum atomic E-state index is 5.81. The van der Waals surface area contributed by atoms with Gasteiger partial charge >= 0.3 is 0 Å². The predicted octanol–water partition coefficient (Wildman–Crippen LogP) is 2.77. The Labute approximate surface area is 115 Å². The van der Waals surface area contributed by atoms with Gasteiger partial charge in [-0.15, -0.1) is 0 Å². The average Bonchev–Trinajstić information content (AvgIpc) is 2.69. The maximum absolute atomic E-state index is 5.81. The molecule has 1 atom stereocenters. The molecule has 0 saturated heterocycles. The van der Waals surface area contributed by atoms with E-state index in [1.165, 1.54) is 5.52 Å². The van der Waals surface area contributed by atoms with Gasteiger partial charge in [-0.25, -0.2) is 4.98 Å². The molecule has 1 aromatic heterocycles. The lowest BCUT2D eigenvalue weighted by molar-refractivity contribution is 0.292. The van der Waals surface area contributed by atoms with E-state index in [2.05, 4.69) is 48.5 Å². The van der Waals surface area contributed by atoms with Gasteiger partial charge < -0.3 is 15.2 Å². The van der Waals surface area contributed by atoms with Crippen molar-refractivity contribution < 1.29 is 0 Å². The highest BCUT2D eigenvalue weighted by atomic mass is 15.1. The molecule has 0 spiro atoms. The highest BCUT2D eigenvalue weighted by Crippen LogP contribution is 2.24. The quantitative estimate of drug-likeness (QED) is 0.841. The first-order valence-electron chi connectivity index (χ1n) is 6.84. The standard InChI is InChI=1S/C15H24N4/c1-11(2)7-13(9-18(3)4)19-10-17-14-8-12(16)5-6-15(14)19/h5-6,8,10-11,13H,7,9,16H2,1-4H3. The number of rotatable bonds is 5. The van der Waals surface area contributed by atoms with Crippen molar-refractivity contribution in [1.82, 2.24) is 14.5 Å². The summed E-state index contributed by atoms with van der Waals surface area (Å²) in [4.78, 5) is 6.71. The monoisotopic (exact) mass is 260 g/mol. The van der Waals surface area contributed by atoms with Crippen molar-refractivity contribution in [3.05, 3.63) is 24.5 Å². The van der Waals surface area contributed by atoms with Crippen molar-refractivity contribution in [2.75, 3.05) is 26.4 Å². The fourth-order valence-electron chi connectivity index (χ4n) is 2.58. The van der Waals surface area contributed by atoms with Crippen molar-refractivity contribution >= 4 is 16.7 Å². The van der Waals surface area contributed by atoms with Crippen molar-refractivity contribution in [3.8, 4) is 0 Å². The number of hydrogen-bond acceptors (Lipinski definition) is 3. The Bertz CT molecular complexity index is 532. The molecule has 0 aliphatic carbocycles. The zero-order chi connectivity index (χ0) is 14.0. The van der Waals surface area contributed by atoms with E-state index in [1.807, 2.05) is 18.5 Å². The number of nitrogens with two attached hydrogens (primary N) is 1. The largest absolute Gasteiger partial charge is 0.399 e. The van der Waals surface area contributed by atoms with Gasteiger partial charge in [-0.3, -0.25) is 0 Å². The molecule has 1 aromatic carbocycles. The molecule has 4 heteroatoms. The first-order valence-corrected chi connectivity index (χ1v) is 6.84. The van der Waals surface area contributed by atoms with E-state index in [4.69, 9.17) is 5.73 Å². The molecular weight excluding hydrogens is 236 g/mol. The van der Waals surface area contributed by atoms with Gasteiger partial charge in [-0.05, 0) is 44.6 Å². The number of imidazole rings is 1. The zero-order valence-corrected chi connectivity index (χ0v) is 12.3. The van der Waals surface area contributed by atoms with Crippen LogP contribution in [0.3, 0.4) is 0 Å². The second-order valence-electron chi connectivity index (χ2n) is 5.95. The van der Waals surface area contributed by atoms with E-state index >= 15 is 0 Å². The normalized spacial score (nSPS) is 13.6. The average molecular weight is 260 g/mol. The molecule has 0 fully saturated rings. The van der Waals surface area contributed by atoms with Crippen LogP contribution in [-0.2, 0) is 0 Å². The van der Waals surface area contributed by atoms with Crippen LogP contribution in [0.25, 0.3) is 11.0 Å². The molecule has 2 aromatic rings. The third kappa shape index (κ3) is 3.26. The van der Waals surface area contributed by atoms with E-state index in [1.54, 1.807) is 0 Å². The van der Waals surface area contributed by atoms with Gasteiger partial charge in [0, 0.05) is 18.3 Å². The number of benzene rings is 1. The van der Waals surface area contributed by atoms with E-state index in [0.29, 0.717) is 12.0 Å². The summed E-state index contributed by atoms with van der Waals surface area (Å²) in [5, 5.41) is 0. The summed E-state index contributed by atoms with van der Waals surface area (Å²) in [7, 11) is 4.23. The van der Waals surface area contributed by atoms with E-state index in [9.17, 15) is 0 Å². The molecule has 1 unspecified atom stereocenters. The lowest BCUT2D eigenvalue weighted by Crippen LogP contribution is -2.25. The van der Waals surface area contributed by atoms with Gasteiger partial charge in [0.25, 0.3) is 0 Å². The summed E-state index contributed by atoms with van der Waals surface area (Å²) in [5.74, 6) is 0.663. The highest BCUT2D eigenvalue weighted by molar-refractivity contribution is 5.79. The Balaban J connectivity index is 2.37. The third-order valence-electron chi connectivity index (χ3n) is 3.31. The van der Waals surface area contributed by atoms with Crippen molar-refractivity contribution in [3.63, 3.8) is 0 Å². The summed E-state index contributed by atoms with van der Waals surface area (Å²) in [6, 6.07) is 6.40. The molecule has 2 rings (SSSR count). The molecule has 0 radical (unpaired) electrons. The zero-order valence-electron chi connectivity index (χ0n) is 12.3. The SMILES string of the molecule is CC(C)CC(CN(C)C)n1cnc2cc(N)ccc21. The molecular formula is C15H24N4. The van der Waals surface area contributed by atoms with Gasteiger partial charge in [0.2, 0.25) is 0 Å². The predicted molar refractivity (Wildman–Crippen MR) is 81.2 cm³/mol. The second-order valence-corrected chi connectivity index (χ2v) is 5.95. The van der Waals surface area contributed by atoms with E-state index in [0.717, 1.165) is 24.2 Å². The Hall–Kier alpha value is -1.55. The molecule has 0 amide bonds. The number of fused-ring (bicyclic) bond motifs is 1. The third-order valence-corrected chi connectivity index (χ3v) is 3.31. The van der Waals surface area contributed by atoms with Gasteiger partial charge in [0.15, 0.2) is 0 Å². The Morgan fingerprint density at radius 1 is 1.32 bits per heavy atom. The summed E-state index contributed by atoms with van der Waals surface area (Å²) in [6.45, 7) is 5.55. The lowest BCUT2D eigenvalue weighted by Gasteiger charge is -2.24. The van der Waals surface area contributed by atoms with Crippen LogP contribution in [0.15, 0.2) is 24.5 Å². The van der Waals surface area contributed by atoms with Gasteiger partial charge in [0.05, 0.1) is 17.4 Å². The molecule has 1 heterocycles. The Morgan fingerprint density at radius 3 is 2.68 bits per heavy atom. The molecule has 4 nitrogen and oxygen atoms in total. The summed E-state index contributed by atoms with van der Waals surface area (Å²) in [5.41, 5.74) is 8.73. The number of nitrogens with zero attached hydrogens (tertiary/aromatic N) is 3. The highest BCUT2D eigenvalue weighted by Gasteiger charge is 2.16. The first-order chi connectivity index (χ1) is 8.97. The summed E-state index contributed by atoms with van der Waals surface area (Å²) >= 11 is 0. The van der Waals surface area contributed by atoms with Gasteiger partial charge in [-0.1, -0.05) is 13.8 Å². The van der Waals surface area contributed by atoms with Crippen molar-refractivity contribution in [2.24, 2.45) is 5.92 Å². The minimum atomic E-state index is 0.448. The first kappa shape index (κ1) is 13.9. The number of likely N-dealkylation sites (N-methyl/N-ethyl adjacent to an activating group) is 1. The van der Waals surface area contributed by atoms with E-state index < -0.39 is 0 Å². The smallest absolute Gasteiger partial charge is 0.0961 e. The van der Waals surface area contributed by atoms with Crippen LogP contribution in [-0.4, -0.2) is 35.1 Å². The van der Waals surface area contributed by atoms with Crippen LogP contribution in [0, 0.1) is 5.92 Å². The number of aromatic nitrogens is 2. The van der Waals surface area contributed by atoms with Crippen LogP contribution in [0.2, 0.25) is 0 Å². The van der Waals surface area contributed by atoms with Crippen molar-refractivity contribution in [1.29, 1.82) is 0 Å². The van der Waals surface area contributed by atoms with Gasteiger partial charge in [0.1, 0.15) is 0 Å². The van der Waals surface area contributed by atoms with Crippen LogP contribution in [0.4, 0.5) is 5.69 Å². The van der Waals surface area contributed by atoms with Crippen LogP contribution in [0.1, 0.15) is 26.3 Å². The topological polar surface area (TPSA) is 47.1 Å². The number of anilines is 1. The molecule has 0 aliphatic heterocycles. The second kappa shape index (κ2) is 5.61. The summed E-state index contributed by atoms with van der Waals surface area (Å²) in [6.07, 6.45) is 3.09. The number of hydrogen-bond donors (Lipinski definition) is 1. The fourth-order valence-corrected chi connectivity index (χ4v) is 2.58. The Morgan fingerprint density at radius 2 is 2.05 bits per heavy atom.